The van der Waals surface area contributed by atoms with E-state index < -0.39 is 23.8 Å². The van der Waals surface area contributed by atoms with E-state index >= 15 is 0 Å². The Balaban J connectivity index is 1.80. The molecule has 1 aliphatic heterocycles. The van der Waals surface area contributed by atoms with Crippen LogP contribution in [-0.2, 0) is 14.3 Å². The second kappa shape index (κ2) is 8.62. The predicted molar refractivity (Wildman–Crippen MR) is 101 cm³/mol. The largest absolute Gasteiger partial charge is 0.383 e. The summed E-state index contributed by atoms with van der Waals surface area (Å²) in [7, 11) is 1.48. The zero-order valence-electron chi connectivity index (χ0n) is 15.3. The third-order valence-corrected chi connectivity index (χ3v) is 4.38. The Morgan fingerprint density at radius 2 is 1.79 bits per heavy atom. The molecular formula is C20H20FN3O4. The molecule has 8 heteroatoms. The van der Waals surface area contributed by atoms with Gasteiger partial charge in [-0.25, -0.2) is 14.1 Å². The highest BCUT2D eigenvalue weighted by molar-refractivity contribution is 6.22. The van der Waals surface area contributed by atoms with Crippen LogP contribution in [-0.4, -0.2) is 49.0 Å². The second-order valence-electron chi connectivity index (χ2n) is 6.25. The van der Waals surface area contributed by atoms with Crippen LogP contribution < -0.4 is 10.2 Å². The fourth-order valence-corrected chi connectivity index (χ4v) is 3.01. The van der Waals surface area contributed by atoms with Gasteiger partial charge in [0.25, 0.3) is 5.91 Å². The molecule has 3 rings (SSSR count). The highest BCUT2D eigenvalue weighted by Crippen LogP contribution is 2.27. The van der Waals surface area contributed by atoms with Crippen molar-refractivity contribution in [2.24, 2.45) is 0 Å². The van der Waals surface area contributed by atoms with Gasteiger partial charge in [-0.1, -0.05) is 18.2 Å². The van der Waals surface area contributed by atoms with Gasteiger partial charge in [0.1, 0.15) is 11.9 Å². The van der Waals surface area contributed by atoms with E-state index in [0.29, 0.717) is 5.69 Å². The van der Waals surface area contributed by atoms with Crippen LogP contribution in [0, 0.1) is 5.82 Å². The Labute approximate surface area is 161 Å². The first-order chi connectivity index (χ1) is 13.5. The zero-order chi connectivity index (χ0) is 20.1. The highest BCUT2D eigenvalue weighted by Gasteiger charge is 2.46. The van der Waals surface area contributed by atoms with E-state index in [1.165, 1.54) is 36.3 Å². The second-order valence-corrected chi connectivity index (χ2v) is 6.25. The Morgan fingerprint density at radius 1 is 1.11 bits per heavy atom. The number of imide groups is 1. The lowest BCUT2D eigenvalue weighted by Crippen LogP contribution is -2.39. The third kappa shape index (κ3) is 4.17. The number of amides is 4. The number of carbonyl (C=O) groups excluding carboxylic acids is 3. The average molecular weight is 385 g/mol. The molecule has 1 fully saturated rings. The van der Waals surface area contributed by atoms with Crippen molar-refractivity contribution in [2.75, 3.05) is 30.5 Å². The Bertz CT molecular complexity index is 858. The summed E-state index contributed by atoms with van der Waals surface area (Å²) in [5.74, 6) is -1.39. The molecule has 2 aromatic rings. The van der Waals surface area contributed by atoms with Crippen LogP contribution in [0.1, 0.15) is 6.42 Å². The van der Waals surface area contributed by atoms with Crippen LogP contribution in [0.4, 0.5) is 20.6 Å². The van der Waals surface area contributed by atoms with Crippen molar-refractivity contribution in [3.8, 4) is 0 Å². The van der Waals surface area contributed by atoms with E-state index in [4.69, 9.17) is 4.74 Å². The lowest BCUT2D eigenvalue weighted by molar-refractivity contribution is -0.124. The zero-order valence-corrected chi connectivity index (χ0v) is 15.3. The number of urea groups is 1. The summed E-state index contributed by atoms with van der Waals surface area (Å²) in [4.78, 5) is 40.4. The lowest BCUT2D eigenvalue weighted by atomic mass is 10.1. The standard InChI is InChI=1S/C20H20FN3O4/c1-28-12-11-23-17(13-18(25)22-15-5-3-2-4-6-15)19(26)24(20(23)27)16-9-7-14(21)8-10-16/h2-10,17H,11-13H2,1H3,(H,22,25)/t17-/m0/s1. The molecular weight excluding hydrogens is 365 g/mol. The first-order valence-electron chi connectivity index (χ1n) is 8.75. The minimum Gasteiger partial charge on any atom is -0.383 e. The molecule has 28 heavy (non-hydrogen) atoms. The molecule has 0 spiro atoms. The molecule has 1 heterocycles. The van der Waals surface area contributed by atoms with Crippen molar-refractivity contribution in [2.45, 2.75) is 12.5 Å². The lowest BCUT2D eigenvalue weighted by Gasteiger charge is -2.21. The normalized spacial score (nSPS) is 16.6. The topological polar surface area (TPSA) is 79.0 Å². The van der Waals surface area contributed by atoms with E-state index in [0.717, 1.165) is 4.90 Å². The van der Waals surface area contributed by atoms with Gasteiger partial charge in [-0.3, -0.25) is 9.59 Å². The fraction of sp³-hybridized carbons (Fsp3) is 0.250. The van der Waals surface area contributed by atoms with Crippen LogP contribution in [0.2, 0.25) is 0 Å². The van der Waals surface area contributed by atoms with Gasteiger partial charge in [0.05, 0.1) is 18.7 Å². The number of hydrogen-bond acceptors (Lipinski definition) is 4. The molecule has 146 valence electrons. The fourth-order valence-electron chi connectivity index (χ4n) is 3.01. The number of halogens is 1. The molecule has 1 atom stereocenters. The van der Waals surface area contributed by atoms with Gasteiger partial charge in [0.2, 0.25) is 5.91 Å². The van der Waals surface area contributed by atoms with Crippen LogP contribution >= 0.6 is 0 Å². The molecule has 2 aromatic carbocycles. The smallest absolute Gasteiger partial charge is 0.332 e. The molecule has 0 radical (unpaired) electrons. The quantitative estimate of drug-likeness (QED) is 0.743. The maximum atomic E-state index is 13.2. The van der Waals surface area contributed by atoms with Crippen molar-refractivity contribution in [1.29, 1.82) is 0 Å². The van der Waals surface area contributed by atoms with Gasteiger partial charge in [0.15, 0.2) is 0 Å². The Kier molecular flexibility index (Phi) is 6.00. The molecule has 0 bridgehead atoms. The Morgan fingerprint density at radius 3 is 2.43 bits per heavy atom. The van der Waals surface area contributed by atoms with E-state index in [1.807, 2.05) is 6.07 Å². The summed E-state index contributed by atoms with van der Waals surface area (Å²) in [5, 5.41) is 2.71. The van der Waals surface area contributed by atoms with E-state index in [2.05, 4.69) is 5.32 Å². The Hall–Kier alpha value is -3.26. The average Bonchev–Trinajstić information content (AvgIpc) is 2.91. The number of methoxy groups -OCH3 is 1. The van der Waals surface area contributed by atoms with Gasteiger partial charge < -0.3 is 15.0 Å². The molecule has 1 saturated heterocycles. The molecule has 0 unspecified atom stereocenters. The minimum atomic E-state index is -0.962. The van der Waals surface area contributed by atoms with Gasteiger partial charge in [-0.15, -0.1) is 0 Å². The van der Waals surface area contributed by atoms with Crippen LogP contribution in [0.15, 0.2) is 54.6 Å². The summed E-state index contributed by atoms with van der Waals surface area (Å²) in [6.45, 7) is 0.370. The minimum absolute atomic E-state index is 0.155. The maximum Gasteiger partial charge on any atom is 0.332 e. The van der Waals surface area contributed by atoms with Gasteiger partial charge in [-0.05, 0) is 36.4 Å². The van der Waals surface area contributed by atoms with Crippen LogP contribution in [0.3, 0.4) is 0 Å². The summed E-state index contributed by atoms with van der Waals surface area (Å²) >= 11 is 0. The number of benzene rings is 2. The number of nitrogens with one attached hydrogen (secondary N) is 1. The summed E-state index contributed by atoms with van der Waals surface area (Å²) < 4.78 is 18.2. The first kappa shape index (κ1) is 19.5. The summed E-state index contributed by atoms with van der Waals surface area (Å²) in [6.07, 6.45) is -0.194. The van der Waals surface area contributed by atoms with Gasteiger partial charge in [-0.2, -0.15) is 0 Å². The van der Waals surface area contributed by atoms with Crippen LogP contribution in [0.5, 0.6) is 0 Å². The SMILES string of the molecule is COCCN1C(=O)N(c2ccc(F)cc2)C(=O)[C@@H]1CC(=O)Nc1ccccc1. The van der Waals surface area contributed by atoms with Crippen molar-refractivity contribution in [3.63, 3.8) is 0 Å². The number of hydrogen-bond donors (Lipinski definition) is 1. The molecule has 0 aromatic heterocycles. The number of para-hydroxylation sites is 1. The molecule has 0 saturated carbocycles. The predicted octanol–water partition coefficient (Wildman–Crippen LogP) is 2.64. The number of carbonyl (C=O) groups is 3. The molecule has 1 aliphatic rings. The third-order valence-electron chi connectivity index (χ3n) is 4.38. The summed E-state index contributed by atoms with van der Waals surface area (Å²) in [6, 6.07) is 12.4. The monoisotopic (exact) mass is 385 g/mol. The van der Waals surface area contributed by atoms with Gasteiger partial charge in [0, 0.05) is 19.3 Å². The highest BCUT2D eigenvalue weighted by atomic mass is 19.1. The molecule has 7 nitrogen and oxygen atoms in total. The van der Waals surface area contributed by atoms with Gasteiger partial charge >= 0.3 is 6.03 Å². The van der Waals surface area contributed by atoms with Crippen molar-refractivity contribution >= 4 is 29.2 Å². The summed E-state index contributed by atoms with van der Waals surface area (Å²) in [5.41, 5.74) is 0.855. The van der Waals surface area contributed by atoms with Crippen LogP contribution in [0.25, 0.3) is 0 Å². The van der Waals surface area contributed by atoms with E-state index in [1.54, 1.807) is 24.3 Å². The first-order valence-corrected chi connectivity index (χ1v) is 8.75. The maximum absolute atomic E-state index is 13.2. The van der Waals surface area contributed by atoms with E-state index in [-0.39, 0.29) is 31.2 Å². The number of nitrogens with zero attached hydrogens (tertiary/aromatic N) is 2. The number of anilines is 2. The molecule has 4 amide bonds. The molecule has 0 aliphatic carbocycles. The van der Waals surface area contributed by atoms with E-state index in [9.17, 15) is 18.8 Å². The number of rotatable bonds is 7. The van der Waals surface area contributed by atoms with Crippen molar-refractivity contribution in [1.82, 2.24) is 4.90 Å². The molecule has 1 N–H and O–H groups in total. The number of ether oxygens (including phenoxy) is 1. The van der Waals surface area contributed by atoms with Crippen molar-refractivity contribution in [3.05, 3.63) is 60.4 Å². The van der Waals surface area contributed by atoms with Crippen molar-refractivity contribution < 1.29 is 23.5 Å².